The van der Waals surface area contributed by atoms with Crippen molar-refractivity contribution in [3.8, 4) is 0 Å². The highest BCUT2D eigenvalue weighted by Crippen LogP contribution is 2.27. The van der Waals surface area contributed by atoms with Gasteiger partial charge in [-0.15, -0.1) is 0 Å². The van der Waals surface area contributed by atoms with Crippen LogP contribution in [0.25, 0.3) is 11.0 Å². The van der Waals surface area contributed by atoms with Gasteiger partial charge in [0.05, 0.1) is 11.3 Å². The lowest BCUT2D eigenvalue weighted by molar-refractivity contribution is 0.0693. The van der Waals surface area contributed by atoms with E-state index < -0.39 is 0 Å². The molecular weight excluding hydrogens is 394 g/mol. The summed E-state index contributed by atoms with van der Waals surface area (Å²) in [5.74, 6) is 1.47. The summed E-state index contributed by atoms with van der Waals surface area (Å²) in [7, 11) is 0. The number of carbonyl (C=O) groups excluding carboxylic acids is 1. The van der Waals surface area contributed by atoms with Gasteiger partial charge in [-0.05, 0) is 44.7 Å². The Morgan fingerprint density at radius 3 is 2.84 bits per heavy atom. The Kier molecular flexibility index (Phi) is 5.89. The molecule has 0 N–H and O–H groups in total. The number of aryl methyl sites for hydroxylation is 2. The summed E-state index contributed by atoms with van der Waals surface area (Å²) in [6.45, 7) is 9.79. The summed E-state index contributed by atoms with van der Waals surface area (Å²) in [5, 5.41) is 4.56. The van der Waals surface area contributed by atoms with E-state index in [-0.39, 0.29) is 22.8 Å². The smallest absolute Gasteiger partial charge is 0.259 e. The lowest BCUT2D eigenvalue weighted by atomic mass is 9.97. The van der Waals surface area contributed by atoms with E-state index in [4.69, 9.17) is 4.52 Å². The molecule has 0 saturated carbocycles. The van der Waals surface area contributed by atoms with Crippen molar-refractivity contribution < 1.29 is 9.32 Å². The zero-order valence-electron chi connectivity index (χ0n) is 18.6. The number of amides is 1. The van der Waals surface area contributed by atoms with Gasteiger partial charge in [0.1, 0.15) is 11.2 Å². The first-order valence-electron chi connectivity index (χ1n) is 11.0. The normalized spacial score (nSPS) is 16.9. The van der Waals surface area contributed by atoms with Gasteiger partial charge in [0.15, 0.2) is 5.82 Å². The number of pyridine rings is 2. The lowest BCUT2D eigenvalue weighted by Gasteiger charge is -2.31. The van der Waals surface area contributed by atoms with Crippen molar-refractivity contribution in [1.82, 2.24) is 24.6 Å². The zero-order valence-corrected chi connectivity index (χ0v) is 18.6. The third-order valence-electron chi connectivity index (χ3n) is 5.76. The number of piperidine rings is 1. The Morgan fingerprint density at radius 1 is 1.29 bits per heavy atom. The number of hydrogen-bond donors (Lipinski definition) is 0. The molecule has 1 atom stereocenters. The minimum Gasteiger partial charge on any atom is -0.339 e. The van der Waals surface area contributed by atoms with Gasteiger partial charge < -0.3 is 14.0 Å². The van der Waals surface area contributed by atoms with Crippen molar-refractivity contribution in [2.24, 2.45) is 5.92 Å². The zero-order chi connectivity index (χ0) is 22.1. The molecule has 4 heterocycles. The molecule has 3 aromatic heterocycles. The van der Waals surface area contributed by atoms with Crippen LogP contribution in [0, 0.1) is 12.8 Å². The summed E-state index contributed by atoms with van der Waals surface area (Å²) >= 11 is 0. The van der Waals surface area contributed by atoms with E-state index in [1.54, 1.807) is 23.2 Å². The highest BCUT2D eigenvalue weighted by atomic mass is 16.5. The van der Waals surface area contributed by atoms with Crippen LogP contribution in [0.1, 0.15) is 67.3 Å². The predicted molar refractivity (Wildman–Crippen MR) is 117 cm³/mol. The van der Waals surface area contributed by atoms with Crippen LogP contribution in [0.2, 0.25) is 0 Å². The molecule has 0 radical (unpaired) electrons. The van der Waals surface area contributed by atoms with Gasteiger partial charge in [-0.1, -0.05) is 19.0 Å². The number of fused-ring (bicyclic) bond motifs is 1. The molecule has 1 saturated heterocycles. The van der Waals surface area contributed by atoms with Crippen LogP contribution in [0.3, 0.4) is 0 Å². The minimum atomic E-state index is -0.267. The van der Waals surface area contributed by atoms with Crippen molar-refractivity contribution in [2.45, 2.75) is 59.4 Å². The average molecular weight is 424 g/mol. The fourth-order valence-electron chi connectivity index (χ4n) is 4.17. The molecule has 1 fully saturated rings. The topological polar surface area (TPSA) is 94.1 Å². The van der Waals surface area contributed by atoms with Gasteiger partial charge in [0.25, 0.3) is 5.91 Å². The van der Waals surface area contributed by atoms with Crippen molar-refractivity contribution in [2.75, 3.05) is 13.1 Å². The highest BCUT2D eigenvalue weighted by molar-refractivity contribution is 5.97. The maximum atomic E-state index is 13.4. The van der Waals surface area contributed by atoms with Crippen molar-refractivity contribution in [3.63, 3.8) is 0 Å². The quantitative estimate of drug-likeness (QED) is 0.625. The number of nitrogens with zero attached hydrogens (tertiary/aromatic N) is 5. The van der Waals surface area contributed by atoms with Gasteiger partial charge in [0, 0.05) is 37.9 Å². The Bertz CT molecular complexity index is 1160. The second-order valence-corrected chi connectivity index (χ2v) is 8.72. The largest absolute Gasteiger partial charge is 0.339 e. The van der Waals surface area contributed by atoms with Crippen LogP contribution in [-0.4, -0.2) is 43.6 Å². The Balaban J connectivity index is 1.61. The fraction of sp³-hybridized carbons (Fsp3) is 0.522. The van der Waals surface area contributed by atoms with E-state index in [2.05, 4.69) is 29.0 Å². The lowest BCUT2D eigenvalue weighted by Crippen LogP contribution is -2.41. The van der Waals surface area contributed by atoms with Crippen molar-refractivity contribution in [3.05, 3.63) is 51.5 Å². The molecule has 1 aliphatic heterocycles. The van der Waals surface area contributed by atoms with Gasteiger partial charge in [-0.2, -0.15) is 4.98 Å². The minimum absolute atomic E-state index is 0.00992. The number of rotatable bonds is 5. The number of hydrogen-bond acceptors (Lipinski definition) is 6. The maximum absolute atomic E-state index is 13.4. The molecule has 1 unspecified atom stereocenters. The van der Waals surface area contributed by atoms with Gasteiger partial charge in [0.2, 0.25) is 11.3 Å². The SMILES string of the molecule is CCn1cc(C(=O)N2CCCC(c3nc(CC(C)C)no3)C2)c(=O)c2ccc(C)nc21. The number of likely N-dealkylation sites (tertiary alicyclic amines) is 1. The average Bonchev–Trinajstić information content (AvgIpc) is 3.21. The molecule has 1 amide bonds. The molecule has 8 heteroatoms. The molecule has 0 spiro atoms. The van der Waals surface area contributed by atoms with E-state index in [0.29, 0.717) is 48.3 Å². The molecule has 31 heavy (non-hydrogen) atoms. The van der Waals surface area contributed by atoms with E-state index in [9.17, 15) is 9.59 Å². The molecule has 4 rings (SSSR count). The van der Waals surface area contributed by atoms with Gasteiger partial charge >= 0.3 is 0 Å². The van der Waals surface area contributed by atoms with Gasteiger partial charge in [-0.3, -0.25) is 9.59 Å². The third kappa shape index (κ3) is 4.24. The monoisotopic (exact) mass is 423 g/mol. The summed E-state index contributed by atoms with van der Waals surface area (Å²) in [5.41, 5.74) is 1.37. The Labute approximate surface area is 181 Å². The predicted octanol–water partition coefficient (Wildman–Crippen LogP) is 3.33. The van der Waals surface area contributed by atoms with E-state index >= 15 is 0 Å². The second kappa shape index (κ2) is 8.61. The molecule has 3 aromatic rings. The third-order valence-corrected chi connectivity index (χ3v) is 5.76. The first-order chi connectivity index (χ1) is 14.9. The fourth-order valence-corrected chi connectivity index (χ4v) is 4.17. The molecular formula is C23H29N5O3. The second-order valence-electron chi connectivity index (χ2n) is 8.72. The van der Waals surface area contributed by atoms with E-state index in [0.717, 1.165) is 25.0 Å². The van der Waals surface area contributed by atoms with Crippen molar-refractivity contribution in [1.29, 1.82) is 0 Å². The first-order valence-corrected chi connectivity index (χ1v) is 11.0. The molecule has 164 valence electrons. The van der Waals surface area contributed by atoms with Crippen LogP contribution in [0.5, 0.6) is 0 Å². The Hall–Kier alpha value is -3.03. The van der Waals surface area contributed by atoms with Crippen molar-refractivity contribution >= 4 is 16.9 Å². The van der Waals surface area contributed by atoms with E-state index in [1.165, 1.54) is 0 Å². The first kappa shape index (κ1) is 21.2. The molecule has 0 aromatic carbocycles. The molecule has 0 bridgehead atoms. The summed E-state index contributed by atoms with van der Waals surface area (Å²) in [6, 6.07) is 3.57. The van der Waals surface area contributed by atoms with E-state index in [1.807, 2.05) is 18.4 Å². The standard InChI is InChI=1S/C23H29N5O3/c1-5-27-13-18(20(29)17-9-8-15(4)24-21(17)27)23(30)28-10-6-7-16(12-28)22-25-19(26-31-22)11-14(2)3/h8-9,13-14,16H,5-7,10-12H2,1-4H3. The van der Waals surface area contributed by atoms with Gasteiger partial charge in [-0.25, -0.2) is 4.98 Å². The molecule has 1 aliphatic rings. The maximum Gasteiger partial charge on any atom is 0.259 e. The highest BCUT2D eigenvalue weighted by Gasteiger charge is 2.30. The molecule has 0 aliphatic carbocycles. The summed E-state index contributed by atoms with van der Waals surface area (Å²) in [6.07, 6.45) is 4.12. The summed E-state index contributed by atoms with van der Waals surface area (Å²) in [4.78, 5) is 37.3. The Morgan fingerprint density at radius 2 is 2.10 bits per heavy atom. The van der Waals surface area contributed by atoms with Crippen LogP contribution in [0.15, 0.2) is 27.6 Å². The number of aromatic nitrogens is 4. The van der Waals surface area contributed by atoms with Crippen LogP contribution >= 0.6 is 0 Å². The van der Waals surface area contributed by atoms with Crippen LogP contribution in [-0.2, 0) is 13.0 Å². The number of carbonyl (C=O) groups is 1. The summed E-state index contributed by atoms with van der Waals surface area (Å²) < 4.78 is 7.36. The van der Waals surface area contributed by atoms with Crippen LogP contribution in [0.4, 0.5) is 0 Å². The van der Waals surface area contributed by atoms with Crippen LogP contribution < -0.4 is 5.43 Å². The molecule has 8 nitrogen and oxygen atoms in total.